The first-order valence-electron chi connectivity index (χ1n) is 8.33. The summed E-state index contributed by atoms with van der Waals surface area (Å²) in [6.45, 7) is 6.82. The maximum atomic E-state index is 12.6. The highest BCUT2D eigenvalue weighted by atomic mass is 16.6. The SMILES string of the molecule is C[C@H]1OC(=O)[C@H]1NC(=O)[C@H](Cc1ccc(O)cc1)NC(=O)OC(C)(C)C. The second-order valence-corrected chi connectivity index (χ2v) is 7.20. The minimum absolute atomic E-state index is 0.0980. The highest BCUT2D eigenvalue weighted by Gasteiger charge is 2.41. The van der Waals surface area contributed by atoms with Crippen molar-refractivity contribution in [3.05, 3.63) is 29.8 Å². The van der Waals surface area contributed by atoms with Crippen LogP contribution >= 0.6 is 0 Å². The van der Waals surface area contributed by atoms with Crippen molar-refractivity contribution in [2.75, 3.05) is 0 Å². The molecule has 8 heteroatoms. The lowest BCUT2D eigenvalue weighted by Gasteiger charge is -2.34. The fourth-order valence-corrected chi connectivity index (χ4v) is 2.40. The normalized spacial score (nSPS) is 20.4. The number of benzene rings is 1. The molecular weight excluding hydrogens is 340 g/mol. The molecule has 1 aromatic carbocycles. The van der Waals surface area contributed by atoms with Gasteiger partial charge < -0.3 is 25.2 Å². The van der Waals surface area contributed by atoms with Crippen molar-refractivity contribution in [3.63, 3.8) is 0 Å². The Morgan fingerprint density at radius 1 is 1.27 bits per heavy atom. The number of nitrogens with one attached hydrogen (secondary N) is 2. The molecule has 2 rings (SSSR count). The van der Waals surface area contributed by atoms with Gasteiger partial charge in [0, 0.05) is 6.42 Å². The molecule has 3 N–H and O–H groups in total. The standard InChI is InChI=1S/C18H24N2O6/c1-10-14(16(23)25-10)20-15(22)13(19-17(24)26-18(2,3)4)9-11-5-7-12(21)8-6-11/h5-8,10,13-14,21H,9H2,1-4H3,(H,19,24)(H,20,22)/t10-,13+,14+/m1/s1. The van der Waals surface area contributed by atoms with Crippen molar-refractivity contribution < 1.29 is 29.0 Å². The fraction of sp³-hybridized carbons (Fsp3) is 0.500. The first kappa shape index (κ1) is 19.6. The second kappa shape index (κ2) is 7.63. The number of esters is 1. The van der Waals surface area contributed by atoms with Crippen molar-refractivity contribution in [2.24, 2.45) is 0 Å². The van der Waals surface area contributed by atoms with Crippen LogP contribution in [0.3, 0.4) is 0 Å². The number of alkyl carbamates (subject to hydrolysis) is 1. The molecule has 26 heavy (non-hydrogen) atoms. The Morgan fingerprint density at radius 2 is 1.88 bits per heavy atom. The van der Waals surface area contributed by atoms with Crippen LogP contribution in [0.15, 0.2) is 24.3 Å². The van der Waals surface area contributed by atoms with Gasteiger partial charge in [-0.3, -0.25) is 4.79 Å². The zero-order valence-corrected chi connectivity index (χ0v) is 15.2. The van der Waals surface area contributed by atoms with E-state index in [0.717, 1.165) is 5.56 Å². The van der Waals surface area contributed by atoms with Gasteiger partial charge in [0.1, 0.15) is 23.5 Å². The average Bonchev–Trinajstić information content (AvgIpc) is 2.52. The van der Waals surface area contributed by atoms with Crippen molar-refractivity contribution >= 4 is 18.0 Å². The molecule has 0 radical (unpaired) electrons. The van der Waals surface area contributed by atoms with Gasteiger partial charge in [0.2, 0.25) is 5.91 Å². The molecule has 1 aliphatic rings. The van der Waals surface area contributed by atoms with Gasteiger partial charge in [0.25, 0.3) is 0 Å². The number of carbonyl (C=O) groups is 3. The lowest BCUT2D eigenvalue weighted by atomic mass is 10.0. The molecule has 142 valence electrons. The number of amides is 2. The first-order valence-corrected chi connectivity index (χ1v) is 8.33. The predicted molar refractivity (Wildman–Crippen MR) is 92.5 cm³/mol. The molecule has 0 unspecified atom stereocenters. The minimum atomic E-state index is -0.949. The number of hydrogen-bond donors (Lipinski definition) is 3. The molecule has 1 aromatic rings. The summed E-state index contributed by atoms with van der Waals surface area (Å²) in [5.74, 6) is -0.926. The van der Waals surface area contributed by atoms with E-state index in [0.29, 0.717) is 0 Å². The van der Waals surface area contributed by atoms with Gasteiger partial charge in [-0.2, -0.15) is 0 Å². The first-order chi connectivity index (χ1) is 12.0. The van der Waals surface area contributed by atoms with Crippen molar-refractivity contribution in [3.8, 4) is 5.75 Å². The zero-order chi connectivity index (χ0) is 19.5. The van der Waals surface area contributed by atoms with E-state index in [1.54, 1.807) is 39.8 Å². The summed E-state index contributed by atoms with van der Waals surface area (Å²) < 4.78 is 10.0. The van der Waals surface area contributed by atoms with Crippen LogP contribution in [-0.2, 0) is 25.5 Å². The highest BCUT2D eigenvalue weighted by Crippen LogP contribution is 2.15. The van der Waals surface area contributed by atoms with Gasteiger partial charge in [0.05, 0.1) is 0 Å². The summed E-state index contributed by atoms with van der Waals surface area (Å²) in [5.41, 5.74) is 0.0129. The van der Waals surface area contributed by atoms with E-state index >= 15 is 0 Å². The van der Waals surface area contributed by atoms with Crippen LogP contribution in [0.25, 0.3) is 0 Å². The molecule has 0 aromatic heterocycles. The number of ether oxygens (including phenoxy) is 2. The molecule has 0 saturated carbocycles. The molecule has 1 saturated heterocycles. The number of hydrogen-bond acceptors (Lipinski definition) is 6. The van der Waals surface area contributed by atoms with Gasteiger partial charge >= 0.3 is 12.1 Å². The molecular formula is C18H24N2O6. The van der Waals surface area contributed by atoms with Gasteiger partial charge in [0.15, 0.2) is 6.04 Å². The topological polar surface area (TPSA) is 114 Å². The fourth-order valence-electron chi connectivity index (χ4n) is 2.40. The Hall–Kier alpha value is -2.77. The summed E-state index contributed by atoms with van der Waals surface area (Å²) in [7, 11) is 0. The smallest absolute Gasteiger partial charge is 0.408 e. The summed E-state index contributed by atoms with van der Waals surface area (Å²) in [6, 6.07) is 4.59. The molecule has 0 aliphatic carbocycles. The average molecular weight is 364 g/mol. The van der Waals surface area contributed by atoms with Crippen molar-refractivity contribution in [1.29, 1.82) is 0 Å². The summed E-state index contributed by atoms with van der Waals surface area (Å²) >= 11 is 0. The molecule has 2 amide bonds. The van der Waals surface area contributed by atoms with Crippen LogP contribution in [0, 0.1) is 0 Å². The lowest BCUT2D eigenvalue weighted by Crippen LogP contribution is -2.62. The van der Waals surface area contributed by atoms with E-state index in [9.17, 15) is 19.5 Å². The van der Waals surface area contributed by atoms with E-state index in [1.165, 1.54) is 12.1 Å². The third kappa shape index (κ3) is 5.37. The predicted octanol–water partition coefficient (Wildman–Crippen LogP) is 1.26. The summed E-state index contributed by atoms with van der Waals surface area (Å²) in [5, 5.41) is 14.5. The number of phenolic OH excluding ortho intramolecular Hbond substituents is 1. The van der Waals surface area contributed by atoms with E-state index in [-0.39, 0.29) is 12.2 Å². The number of cyclic esters (lactones) is 1. The largest absolute Gasteiger partial charge is 0.508 e. The summed E-state index contributed by atoms with van der Waals surface area (Å²) in [4.78, 5) is 36.1. The Balaban J connectivity index is 2.09. The number of phenols is 1. The van der Waals surface area contributed by atoms with Gasteiger partial charge in [-0.1, -0.05) is 12.1 Å². The van der Waals surface area contributed by atoms with Crippen LogP contribution in [-0.4, -0.2) is 46.9 Å². The Bertz CT molecular complexity index is 680. The molecule has 0 spiro atoms. The second-order valence-electron chi connectivity index (χ2n) is 7.20. The van der Waals surface area contributed by atoms with Gasteiger partial charge in [-0.25, -0.2) is 9.59 Å². The van der Waals surface area contributed by atoms with Crippen LogP contribution in [0.5, 0.6) is 5.75 Å². The molecule has 3 atom stereocenters. The van der Waals surface area contributed by atoms with Crippen molar-refractivity contribution in [2.45, 2.75) is 57.9 Å². The summed E-state index contributed by atoms with van der Waals surface area (Å²) in [6.07, 6.45) is -0.982. The minimum Gasteiger partial charge on any atom is -0.508 e. The van der Waals surface area contributed by atoms with E-state index in [1.807, 2.05) is 0 Å². The third-order valence-electron chi connectivity index (χ3n) is 3.71. The Morgan fingerprint density at radius 3 is 2.38 bits per heavy atom. The van der Waals surface area contributed by atoms with Crippen LogP contribution in [0.2, 0.25) is 0 Å². The maximum Gasteiger partial charge on any atom is 0.408 e. The maximum absolute atomic E-state index is 12.6. The van der Waals surface area contributed by atoms with Gasteiger partial charge in [-0.15, -0.1) is 0 Å². The lowest BCUT2D eigenvalue weighted by molar-refractivity contribution is -0.176. The van der Waals surface area contributed by atoms with Crippen LogP contribution in [0.1, 0.15) is 33.3 Å². The van der Waals surface area contributed by atoms with Gasteiger partial charge in [-0.05, 0) is 45.4 Å². The highest BCUT2D eigenvalue weighted by molar-refractivity contribution is 5.92. The van der Waals surface area contributed by atoms with E-state index in [4.69, 9.17) is 9.47 Å². The van der Waals surface area contributed by atoms with Crippen LogP contribution in [0.4, 0.5) is 4.79 Å². The monoisotopic (exact) mass is 364 g/mol. The molecule has 1 aliphatic heterocycles. The molecule has 1 fully saturated rings. The quantitative estimate of drug-likeness (QED) is 0.678. The Kier molecular flexibility index (Phi) is 5.74. The third-order valence-corrected chi connectivity index (χ3v) is 3.71. The molecule has 1 heterocycles. The van der Waals surface area contributed by atoms with Crippen LogP contribution < -0.4 is 10.6 Å². The Labute approximate surface area is 151 Å². The number of aromatic hydroxyl groups is 1. The zero-order valence-electron chi connectivity index (χ0n) is 15.2. The van der Waals surface area contributed by atoms with E-state index in [2.05, 4.69) is 10.6 Å². The number of carbonyl (C=O) groups excluding carboxylic acids is 3. The molecule has 8 nitrogen and oxygen atoms in total. The number of rotatable bonds is 5. The molecule has 0 bridgehead atoms. The van der Waals surface area contributed by atoms with Crippen molar-refractivity contribution in [1.82, 2.24) is 10.6 Å². The van der Waals surface area contributed by atoms with E-state index < -0.39 is 41.8 Å².